The Balaban J connectivity index is 2.02. The molecule has 8 heteroatoms. The lowest BCUT2D eigenvalue weighted by atomic mass is 10.2. The molecule has 21 heavy (non-hydrogen) atoms. The average molecular weight is 372 g/mol. The van der Waals surface area contributed by atoms with E-state index < -0.39 is 12.0 Å². The van der Waals surface area contributed by atoms with Gasteiger partial charge in [-0.1, -0.05) is 0 Å². The monoisotopic (exact) mass is 371 g/mol. The molecule has 1 atom stereocenters. The van der Waals surface area contributed by atoms with Crippen molar-refractivity contribution in [2.75, 3.05) is 5.75 Å². The molecule has 0 bridgehead atoms. The highest BCUT2D eigenvalue weighted by molar-refractivity contribution is 9.10. The maximum Gasteiger partial charge on any atom is 0.320 e. The van der Waals surface area contributed by atoms with Gasteiger partial charge in [0.2, 0.25) is 0 Å². The van der Waals surface area contributed by atoms with Gasteiger partial charge in [0, 0.05) is 22.5 Å². The van der Waals surface area contributed by atoms with Gasteiger partial charge in [0.1, 0.15) is 11.7 Å². The summed E-state index contributed by atoms with van der Waals surface area (Å²) in [5.74, 6) is 0.159. The molecule has 6 nitrogen and oxygen atoms in total. The number of halogens is 1. The number of hydrogen-bond donors (Lipinski definition) is 2. The van der Waals surface area contributed by atoms with E-state index in [9.17, 15) is 9.59 Å². The van der Waals surface area contributed by atoms with Crippen LogP contribution < -0.4 is 11.3 Å². The number of nitrogens with two attached hydrogens (primary N) is 1. The number of aliphatic carboxylic acids is 1. The van der Waals surface area contributed by atoms with Crippen LogP contribution in [-0.4, -0.2) is 32.3 Å². The van der Waals surface area contributed by atoms with Crippen LogP contribution in [0, 0.1) is 0 Å². The third kappa shape index (κ3) is 4.29. The van der Waals surface area contributed by atoms with Gasteiger partial charge < -0.3 is 10.8 Å². The van der Waals surface area contributed by atoms with Gasteiger partial charge in [0.05, 0.1) is 5.69 Å². The number of aromatic nitrogens is 2. The maximum absolute atomic E-state index is 12.0. The standard InChI is InChI=1S/C13H14BrN3O3S/c14-8-1-2-11-16-9(5-12(18)17(11)6-8)7-21-4-3-10(15)13(19)20/h1-2,5-6,10H,3-4,7,15H2,(H,19,20). The molecule has 0 aliphatic heterocycles. The number of carboxylic acid groups (broad SMARTS) is 1. The molecule has 0 saturated carbocycles. The Hall–Kier alpha value is -1.38. The van der Waals surface area contributed by atoms with Crippen LogP contribution in [0.3, 0.4) is 0 Å². The number of rotatable bonds is 6. The number of carboxylic acids is 1. The minimum Gasteiger partial charge on any atom is -0.480 e. The summed E-state index contributed by atoms with van der Waals surface area (Å²) in [6.45, 7) is 0. The summed E-state index contributed by atoms with van der Waals surface area (Å²) in [4.78, 5) is 27.0. The minimum atomic E-state index is -0.997. The van der Waals surface area contributed by atoms with Crippen molar-refractivity contribution >= 4 is 39.3 Å². The Morgan fingerprint density at radius 3 is 3.00 bits per heavy atom. The van der Waals surface area contributed by atoms with Gasteiger partial charge in [0.25, 0.3) is 5.56 Å². The van der Waals surface area contributed by atoms with E-state index >= 15 is 0 Å². The molecule has 2 heterocycles. The lowest BCUT2D eigenvalue weighted by Crippen LogP contribution is -2.30. The van der Waals surface area contributed by atoms with Gasteiger partial charge in [-0.05, 0) is 40.2 Å². The average Bonchev–Trinajstić information content (AvgIpc) is 2.44. The number of nitrogens with zero attached hydrogens (tertiary/aromatic N) is 2. The zero-order valence-corrected chi connectivity index (χ0v) is 13.4. The fraction of sp³-hybridized carbons (Fsp3) is 0.308. The van der Waals surface area contributed by atoms with E-state index in [-0.39, 0.29) is 5.56 Å². The molecule has 0 aliphatic carbocycles. The Kier molecular flexibility index (Phi) is 5.38. The van der Waals surface area contributed by atoms with Crippen molar-refractivity contribution < 1.29 is 9.90 Å². The molecule has 2 aromatic rings. The fourth-order valence-corrected chi connectivity index (χ4v) is 2.97. The van der Waals surface area contributed by atoms with Crippen molar-refractivity contribution in [2.24, 2.45) is 5.73 Å². The molecule has 2 aromatic heterocycles. The van der Waals surface area contributed by atoms with Crippen LogP contribution in [0.5, 0.6) is 0 Å². The molecule has 0 fully saturated rings. The molecule has 2 rings (SSSR count). The first kappa shape index (κ1) is 16.0. The molecule has 0 amide bonds. The van der Waals surface area contributed by atoms with E-state index in [1.807, 2.05) is 6.07 Å². The van der Waals surface area contributed by atoms with E-state index in [2.05, 4.69) is 20.9 Å². The molecule has 0 radical (unpaired) electrons. The predicted octanol–water partition coefficient (Wildman–Crippen LogP) is 1.49. The van der Waals surface area contributed by atoms with Gasteiger partial charge in [-0.25, -0.2) is 4.98 Å². The lowest BCUT2D eigenvalue weighted by molar-refractivity contribution is -0.138. The summed E-state index contributed by atoms with van der Waals surface area (Å²) in [6.07, 6.45) is 2.06. The first-order valence-corrected chi connectivity index (χ1v) is 8.16. The Morgan fingerprint density at radius 1 is 1.52 bits per heavy atom. The minimum absolute atomic E-state index is 0.140. The van der Waals surface area contributed by atoms with Gasteiger partial charge in [0.15, 0.2) is 0 Å². The zero-order valence-electron chi connectivity index (χ0n) is 11.0. The Labute approximate surface area is 133 Å². The van der Waals surface area contributed by atoms with Crippen LogP contribution in [-0.2, 0) is 10.5 Å². The number of carbonyl (C=O) groups is 1. The lowest BCUT2D eigenvalue weighted by Gasteiger charge is -2.06. The van der Waals surface area contributed by atoms with Gasteiger partial charge in [-0.2, -0.15) is 11.8 Å². The van der Waals surface area contributed by atoms with E-state index in [1.54, 1.807) is 12.3 Å². The largest absolute Gasteiger partial charge is 0.480 e. The highest BCUT2D eigenvalue weighted by atomic mass is 79.9. The van der Waals surface area contributed by atoms with Crippen molar-refractivity contribution in [2.45, 2.75) is 18.2 Å². The van der Waals surface area contributed by atoms with Gasteiger partial charge in [-0.15, -0.1) is 0 Å². The summed E-state index contributed by atoms with van der Waals surface area (Å²) in [6, 6.07) is 4.23. The van der Waals surface area contributed by atoms with Crippen LogP contribution in [0.15, 0.2) is 33.7 Å². The smallest absolute Gasteiger partial charge is 0.320 e. The van der Waals surface area contributed by atoms with Crippen molar-refractivity contribution in [3.63, 3.8) is 0 Å². The van der Waals surface area contributed by atoms with Crippen molar-refractivity contribution in [1.82, 2.24) is 9.38 Å². The first-order valence-electron chi connectivity index (χ1n) is 6.21. The Bertz CT molecular complexity index is 719. The molecule has 0 saturated heterocycles. The van der Waals surface area contributed by atoms with Crippen molar-refractivity contribution in [3.05, 3.63) is 44.9 Å². The molecule has 0 aliphatic rings. The molecule has 0 aromatic carbocycles. The zero-order chi connectivity index (χ0) is 15.4. The van der Waals surface area contributed by atoms with Crippen LogP contribution in [0.25, 0.3) is 5.65 Å². The quantitative estimate of drug-likeness (QED) is 0.746. The van der Waals surface area contributed by atoms with Crippen LogP contribution in [0.2, 0.25) is 0 Å². The van der Waals surface area contributed by atoms with E-state index in [1.165, 1.54) is 22.2 Å². The number of thioether (sulfide) groups is 1. The third-order valence-corrected chi connectivity index (χ3v) is 4.31. The highest BCUT2D eigenvalue weighted by Crippen LogP contribution is 2.13. The predicted molar refractivity (Wildman–Crippen MR) is 85.6 cm³/mol. The number of pyridine rings is 1. The second-order valence-electron chi connectivity index (χ2n) is 4.45. The van der Waals surface area contributed by atoms with E-state index in [0.717, 1.165) is 4.47 Å². The summed E-state index contributed by atoms with van der Waals surface area (Å²) >= 11 is 4.82. The van der Waals surface area contributed by atoms with Gasteiger partial charge >= 0.3 is 5.97 Å². The highest BCUT2D eigenvalue weighted by Gasteiger charge is 2.10. The Morgan fingerprint density at radius 2 is 2.29 bits per heavy atom. The van der Waals surface area contributed by atoms with E-state index in [4.69, 9.17) is 10.8 Å². The second-order valence-corrected chi connectivity index (χ2v) is 6.47. The summed E-state index contributed by atoms with van der Waals surface area (Å²) < 4.78 is 2.28. The molecular weight excluding hydrogens is 358 g/mol. The summed E-state index contributed by atoms with van der Waals surface area (Å²) in [7, 11) is 0. The molecular formula is C13H14BrN3O3S. The van der Waals surface area contributed by atoms with Crippen molar-refractivity contribution in [1.29, 1.82) is 0 Å². The molecule has 3 N–H and O–H groups in total. The SMILES string of the molecule is NC(CCSCc1cc(=O)n2cc(Br)ccc2n1)C(=O)O. The molecule has 0 spiro atoms. The topological polar surface area (TPSA) is 97.7 Å². The molecule has 1 unspecified atom stereocenters. The first-order chi connectivity index (χ1) is 9.97. The van der Waals surface area contributed by atoms with Crippen molar-refractivity contribution in [3.8, 4) is 0 Å². The maximum atomic E-state index is 12.0. The fourth-order valence-electron chi connectivity index (χ4n) is 1.71. The van der Waals surface area contributed by atoms with Crippen LogP contribution in [0.4, 0.5) is 0 Å². The number of fused-ring (bicyclic) bond motifs is 1. The summed E-state index contributed by atoms with van der Waals surface area (Å²) in [5.41, 5.74) is 6.55. The summed E-state index contributed by atoms with van der Waals surface area (Å²) in [5, 5.41) is 8.68. The number of hydrogen-bond acceptors (Lipinski definition) is 5. The van der Waals surface area contributed by atoms with Crippen LogP contribution >= 0.6 is 27.7 Å². The van der Waals surface area contributed by atoms with E-state index in [0.29, 0.717) is 29.3 Å². The van der Waals surface area contributed by atoms with Gasteiger partial charge in [-0.3, -0.25) is 14.0 Å². The van der Waals surface area contributed by atoms with Crippen LogP contribution in [0.1, 0.15) is 12.1 Å². The third-order valence-electron chi connectivity index (χ3n) is 2.82. The molecule has 112 valence electrons. The normalized spacial score (nSPS) is 12.5. The second kappa shape index (κ2) is 7.06.